The summed E-state index contributed by atoms with van der Waals surface area (Å²) >= 11 is 0. The number of unbranched alkanes of at least 4 members (excludes halogenated alkanes) is 2. The van der Waals surface area contributed by atoms with E-state index in [0.29, 0.717) is 16.9 Å². The predicted molar refractivity (Wildman–Crippen MR) is 79.8 cm³/mol. The minimum atomic E-state index is -0.916. The van der Waals surface area contributed by atoms with Crippen LogP contribution in [0.5, 0.6) is 0 Å². The Labute approximate surface area is 115 Å². The number of rotatable bonds is 8. The Hall–Kier alpha value is -1.71. The number of para-hydroxylation sites is 1. The van der Waals surface area contributed by atoms with Crippen molar-refractivity contribution in [3.05, 3.63) is 23.8 Å². The maximum atomic E-state index is 11.3. The van der Waals surface area contributed by atoms with Crippen molar-refractivity contribution in [2.75, 3.05) is 23.7 Å². The number of aromatic carboxylic acids is 1. The van der Waals surface area contributed by atoms with E-state index in [1.54, 1.807) is 18.2 Å². The van der Waals surface area contributed by atoms with Crippen molar-refractivity contribution in [3.63, 3.8) is 0 Å². The lowest BCUT2D eigenvalue weighted by atomic mass is 10.1. The zero-order chi connectivity index (χ0) is 14.3. The van der Waals surface area contributed by atoms with Crippen molar-refractivity contribution in [1.29, 1.82) is 0 Å². The second-order valence-electron chi connectivity index (χ2n) is 4.74. The van der Waals surface area contributed by atoms with E-state index in [1.165, 1.54) is 0 Å². The Balaban J connectivity index is 3.08. The highest BCUT2D eigenvalue weighted by Gasteiger charge is 2.18. The van der Waals surface area contributed by atoms with Gasteiger partial charge in [-0.1, -0.05) is 32.8 Å². The fourth-order valence-electron chi connectivity index (χ4n) is 2.12. The topological polar surface area (TPSA) is 66.6 Å². The van der Waals surface area contributed by atoms with Crippen LogP contribution in [-0.2, 0) is 0 Å². The van der Waals surface area contributed by atoms with E-state index in [0.717, 1.165) is 38.8 Å². The van der Waals surface area contributed by atoms with Gasteiger partial charge in [0.05, 0.1) is 16.9 Å². The van der Waals surface area contributed by atoms with Crippen LogP contribution < -0.4 is 10.6 Å². The molecule has 106 valence electrons. The van der Waals surface area contributed by atoms with E-state index in [2.05, 4.69) is 18.7 Å². The Bertz CT molecular complexity index is 411. The quantitative estimate of drug-likeness (QED) is 0.706. The minimum absolute atomic E-state index is 0.298. The second kappa shape index (κ2) is 7.67. The summed E-state index contributed by atoms with van der Waals surface area (Å²) in [5, 5.41) is 9.31. The molecule has 0 unspecified atom stereocenters. The molecule has 0 saturated carbocycles. The van der Waals surface area contributed by atoms with Crippen molar-refractivity contribution >= 4 is 17.3 Å². The van der Waals surface area contributed by atoms with Crippen LogP contribution in [0.3, 0.4) is 0 Å². The first-order valence-electron chi connectivity index (χ1n) is 6.98. The maximum absolute atomic E-state index is 11.3. The smallest absolute Gasteiger partial charge is 0.337 e. The lowest BCUT2D eigenvalue weighted by molar-refractivity contribution is 0.0697. The standard InChI is InChI=1S/C15H24N2O2/c1-3-5-10-17(11-6-4-2)14-12(15(18)19)8-7-9-13(14)16/h7-9H,3-6,10-11,16H2,1-2H3,(H,18,19). The summed E-state index contributed by atoms with van der Waals surface area (Å²) in [7, 11) is 0. The number of carboxylic acid groups (broad SMARTS) is 1. The molecule has 3 N–H and O–H groups in total. The number of hydrogen-bond donors (Lipinski definition) is 2. The zero-order valence-electron chi connectivity index (χ0n) is 11.9. The molecular weight excluding hydrogens is 240 g/mol. The molecule has 4 nitrogen and oxygen atoms in total. The number of nitrogens with zero attached hydrogens (tertiary/aromatic N) is 1. The summed E-state index contributed by atoms with van der Waals surface area (Å²) in [5.41, 5.74) is 7.52. The molecular formula is C15H24N2O2. The van der Waals surface area contributed by atoms with Gasteiger partial charge in [-0.3, -0.25) is 0 Å². The second-order valence-corrected chi connectivity index (χ2v) is 4.74. The SMILES string of the molecule is CCCCN(CCCC)c1c(N)cccc1C(=O)O. The van der Waals surface area contributed by atoms with Crippen LogP contribution in [0.2, 0.25) is 0 Å². The van der Waals surface area contributed by atoms with E-state index >= 15 is 0 Å². The van der Waals surface area contributed by atoms with Crippen molar-refractivity contribution < 1.29 is 9.90 Å². The molecule has 4 heteroatoms. The van der Waals surface area contributed by atoms with Gasteiger partial charge >= 0.3 is 5.97 Å². The third-order valence-electron chi connectivity index (χ3n) is 3.18. The van der Waals surface area contributed by atoms with Gasteiger partial charge in [0.15, 0.2) is 0 Å². The average Bonchev–Trinajstić information content (AvgIpc) is 2.39. The molecule has 0 aliphatic rings. The Morgan fingerprint density at radius 2 is 1.79 bits per heavy atom. The molecule has 0 spiro atoms. The predicted octanol–water partition coefficient (Wildman–Crippen LogP) is 3.37. The van der Waals surface area contributed by atoms with Crippen LogP contribution in [0.25, 0.3) is 0 Å². The highest BCUT2D eigenvalue weighted by Crippen LogP contribution is 2.28. The molecule has 0 aliphatic heterocycles. The average molecular weight is 264 g/mol. The Morgan fingerprint density at radius 1 is 1.21 bits per heavy atom. The molecule has 0 amide bonds. The number of nitrogen functional groups attached to an aromatic ring is 1. The largest absolute Gasteiger partial charge is 0.478 e. The van der Waals surface area contributed by atoms with Gasteiger partial charge < -0.3 is 15.7 Å². The number of benzene rings is 1. The van der Waals surface area contributed by atoms with Crippen LogP contribution in [0.4, 0.5) is 11.4 Å². The summed E-state index contributed by atoms with van der Waals surface area (Å²) in [6.07, 6.45) is 4.24. The third kappa shape index (κ3) is 4.16. The monoisotopic (exact) mass is 264 g/mol. The van der Waals surface area contributed by atoms with Gasteiger partial charge in [-0.15, -0.1) is 0 Å². The fraction of sp³-hybridized carbons (Fsp3) is 0.533. The van der Waals surface area contributed by atoms with Gasteiger partial charge in [0.2, 0.25) is 0 Å². The summed E-state index contributed by atoms with van der Waals surface area (Å²) in [6.45, 7) is 5.96. The summed E-state index contributed by atoms with van der Waals surface area (Å²) in [6, 6.07) is 5.09. The Kier molecular flexibility index (Phi) is 6.19. The molecule has 0 bridgehead atoms. The van der Waals surface area contributed by atoms with Crippen molar-refractivity contribution in [2.24, 2.45) is 0 Å². The third-order valence-corrected chi connectivity index (χ3v) is 3.18. The number of hydrogen-bond acceptors (Lipinski definition) is 3. The van der Waals surface area contributed by atoms with Crippen LogP contribution in [-0.4, -0.2) is 24.2 Å². The van der Waals surface area contributed by atoms with Gasteiger partial charge in [-0.2, -0.15) is 0 Å². The fourth-order valence-corrected chi connectivity index (χ4v) is 2.12. The first kappa shape index (κ1) is 15.3. The number of anilines is 2. The molecule has 0 aromatic heterocycles. The molecule has 19 heavy (non-hydrogen) atoms. The number of carbonyl (C=O) groups is 1. The van der Waals surface area contributed by atoms with E-state index in [9.17, 15) is 9.90 Å². The van der Waals surface area contributed by atoms with E-state index in [1.807, 2.05) is 0 Å². The molecule has 1 aromatic carbocycles. The van der Waals surface area contributed by atoms with Crippen LogP contribution >= 0.6 is 0 Å². The Morgan fingerprint density at radius 3 is 2.26 bits per heavy atom. The molecule has 1 aromatic rings. The highest BCUT2D eigenvalue weighted by molar-refractivity contribution is 5.98. The van der Waals surface area contributed by atoms with Gasteiger partial charge in [0, 0.05) is 13.1 Å². The first-order valence-corrected chi connectivity index (χ1v) is 6.98. The number of nitrogens with two attached hydrogens (primary N) is 1. The van der Waals surface area contributed by atoms with Gasteiger partial charge in [0.25, 0.3) is 0 Å². The summed E-state index contributed by atoms with van der Waals surface area (Å²) in [5.74, 6) is -0.916. The van der Waals surface area contributed by atoms with Crippen LogP contribution in [0.15, 0.2) is 18.2 Å². The maximum Gasteiger partial charge on any atom is 0.337 e. The molecule has 0 atom stereocenters. The molecule has 0 fully saturated rings. The lowest BCUT2D eigenvalue weighted by Crippen LogP contribution is -2.28. The van der Waals surface area contributed by atoms with Crippen LogP contribution in [0.1, 0.15) is 49.9 Å². The molecule has 0 radical (unpaired) electrons. The minimum Gasteiger partial charge on any atom is -0.478 e. The molecule has 0 saturated heterocycles. The van der Waals surface area contributed by atoms with E-state index < -0.39 is 5.97 Å². The highest BCUT2D eigenvalue weighted by atomic mass is 16.4. The van der Waals surface area contributed by atoms with E-state index in [-0.39, 0.29) is 0 Å². The zero-order valence-corrected chi connectivity index (χ0v) is 11.9. The van der Waals surface area contributed by atoms with Crippen molar-refractivity contribution in [3.8, 4) is 0 Å². The van der Waals surface area contributed by atoms with E-state index in [4.69, 9.17) is 5.73 Å². The molecule has 0 aliphatic carbocycles. The van der Waals surface area contributed by atoms with Crippen molar-refractivity contribution in [2.45, 2.75) is 39.5 Å². The van der Waals surface area contributed by atoms with Gasteiger partial charge in [0.1, 0.15) is 0 Å². The van der Waals surface area contributed by atoms with Gasteiger partial charge in [-0.05, 0) is 25.0 Å². The summed E-state index contributed by atoms with van der Waals surface area (Å²) < 4.78 is 0. The van der Waals surface area contributed by atoms with Gasteiger partial charge in [-0.25, -0.2) is 4.79 Å². The number of carboxylic acids is 1. The molecule has 0 heterocycles. The molecule has 1 rings (SSSR count). The van der Waals surface area contributed by atoms with Crippen molar-refractivity contribution in [1.82, 2.24) is 0 Å². The normalized spacial score (nSPS) is 10.4. The summed E-state index contributed by atoms with van der Waals surface area (Å²) in [4.78, 5) is 13.5. The first-order chi connectivity index (χ1) is 9.11. The lowest BCUT2D eigenvalue weighted by Gasteiger charge is -2.27. The van der Waals surface area contributed by atoms with Crippen LogP contribution in [0, 0.1) is 0 Å².